The Bertz CT molecular complexity index is 711. The number of hydrogen-bond donors (Lipinski definition) is 2. The summed E-state index contributed by atoms with van der Waals surface area (Å²) in [5, 5.41) is 19.2. The van der Waals surface area contributed by atoms with Gasteiger partial charge in [-0.15, -0.1) is 11.3 Å². The zero-order valence-corrected chi connectivity index (χ0v) is 16.2. The lowest BCUT2D eigenvalue weighted by Crippen LogP contribution is -2.45. The van der Waals surface area contributed by atoms with E-state index in [0.29, 0.717) is 19.0 Å². The molecule has 1 saturated carbocycles. The molecule has 2 heterocycles. The molecule has 1 aromatic rings. The second-order valence-corrected chi connectivity index (χ2v) is 8.71. The summed E-state index contributed by atoms with van der Waals surface area (Å²) in [5.74, 6) is 0.813. The summed E-state index contributed by atoms with van der Waals surface area (Å²) in [4.78, 5) is 9.48. The molecule has 5 nitrogen and oxygen atoms in total. The first-order valence-electron chi connectivity index (χ1n) is 9.10. The van der Waals surface area contributed by atoms with Crippen LogP contribution in [0.15, 0.2) is 16.1 Å². The lowest BCUT2D eigenvalue weighted by Gasteiger charge is -2.27. The van der Waals surface area contributed by atoms with E-state index in [1.807, 2.05) is 0 Å². The van der Waals surface area contributed by atoms with E-state index in [-0.39, 0.29) is 5.41 Å². The van der Waals surface area contributed by atoms with Gasteiger partial charge in [-0.25, -0.2) is 9.98 Å². The normalized spacial score (nSPS) is 19.2. The minimum absolute atomic E-state index is 0.0315. The third-order valence-corrected chi connectivity index (χ3v) is 5.66. The van der Waals surface area contributed by atoms with E-state index in [1.165, 1.54) is 32.1 Å². The lowest BCUT2D eigenvalue weighted by molar-refractivity contribution is 0.410. The molecule has 6 heteroatoms. The Hall–Kier alpha value is -1.87. The van der Waals surface area contributed by atoms with Crippen LogP contribution in [0, 0.1) is 11.3 Å². The Kier molecular flexibility index (Phi) is 5.43. The van der Waals surface area contributed by atoms with Crippen molar-refractivity contribution in [2.24, 2.45) is 4.99 Å². The molecule has 2 aliphatic rings. The van der Waals surface area contributed by atoms with Crippen LogP contribution in [0.2, 0.25) is 0 Å². The zero-order chi connectivity index (χ0) is 17.9. The van der Waals surface area contributed by atoms with Gasteiger partial charge in [0.15, 0.2) is 5.96 Å². The molecule has 1 aliphatic carbocycles. The molecule has 0 amide bonds. The van der Waals surface area contributed by atoms with Crippen LogP contribution in [0.4, 0.5) is 0 Å². The maximum atomic E-state index is 9.22. The van der Waals surface area contributed by atoms with Crippen molar-refractivity contribution in [3.63, 3.8) is 0 Å². The Balaban J connectivity index is 1.75. The Morgan fingerprint density at radius 1 is 1.32 bits per heavy atom. The van der Waals surface area contributed by atoms with Gasteiger partial charge in [0.05, 0.1) is 24.7 Å². The van der Waals surface area contributed by atoms with E-state index in [0.717, 1.165) is 27.9 Å². The maximum Gasteiger partial charge on any atom is 0.196 e. The first kappa shape index (κ1) is 17.9. The number of rotatable bonds is 3. The quantitative estimate of drug-likeness (QED) is 0.859. The fourth-order valence-electron chi connectivity index (χ4n) is 3.22. The van der Waals surface area contributed by atoms with Crippen molar-refractivity contribution in [3.8, 4) is 6.07 Å². The van der Waals surface area contributed by atoms with E-state index in [4.69, 9.17) is 4.98 Å². The highest BCUT2D eigenvalue weighted by Gasteiger charge is 2.23. The molecule has 0 aromatic carbocycles. The van der Waals surface area contributed by atoms with Gasteiger partial charge in [0, 0.05) is 28.1 Å². The van der Waals surface area contributed by atoms with Crippen LogP contribution in [0.5, 0.6) is 0 Å². The number of nitrogens with one attached hydrogen (secondary N) is 2. The lowest BCUT2D eigenvalue weighted by atomic mass is 9.93. The zero-order valence-electron chi connectivity index (χ0n) is 15.4. The van der Waals surface area contributed by atoms with Crippen LogP contribution in [0.1, 0.15) is 70.0 Å². The van der Waals surface area contributed by atoms with Gasteiger partial charge < -0.3 is 10.6 Å². The van der Waals surface area contributed by atoms with E-state index in [1.54, 1.807) is 11.3 Å². The average Bonchev–Trinajstić information content (AvgIpc) is 3.06. The highest BCUT2D eigenvalue weighted by atomic mass is 32.1. The summed E-state index contributed by atoms with van der Waals surface area (Å²) in [6, 6.07) is 2.77. The predicted octanol–water partition coefficient (Wildman–Crippen LogP) is 3.95. The third kappa shape index (κ3) is 4.40. The molecule has 0 radical (unpaired) electrons. The van der Waals surface area contributed by atoms with Gasteiger partial charge in [-0.1, -0.05) is 40.0 Å². The molecular weight excluding hydrogens is 330 g/mol. The van der Waals surface area contributed by atoms with E-state index in [9.17, 15) is 5.26 Å². The highest BCUT2D eigenvalue weighted by Crippen LogP contribution is 2.30. The Morgan fingerprint density at radius 2 is 2.08 bits per heavy atom. The summed E-state index contributed by atoms with van der Waals surface area (Å²) in [5.41, 5.74) is 3.11. The third-order valence-electron chi connectivity index (χ3n) is 4.76. The van der Waals surface area contributed by atoms with Gasteiger partial charge in [0.1, 0.15) is 5.01 Å². The molecule has 0 atom stereocenters. The molecule has 0 unspecified atom stereocenters. The van der Waals surface area contributed by atoms with Gasteiger partial charge in [-0.2, -0.15) is 5.26 Å². The van der Waals surface area contributed by atoms with Crippen LogP contribution < -0.4 is 10.6 Å². The van der Waals surface area contributed by atoms with Crippen molar-refractivity contribution in [3.05, 3.63) is 21.8 Å². The number of thiazole rings is 1. The molecule has 134 valence electrons. The first-order chi connectivity index (χ1) is 12.0. The molecule has 1 fully saturated rings. The number of nitriles is 1. The minimum atomic E-state index is 0.0315. The summed E-state index contributed by atoms with van der Waals surface area (Å²) in [7, 11) is 0. The number of allylic oxidation sites excluding steroid dienone is 1. The SMILES string of the molecule is CC(C)(C)c1csc(C2=C(CC#N)NC(NC3CCCCC3)=NC2)n1. The molecule has 0 saturated heterocycles. The van der Waals surface area contributed by atoms with Crippen molar-refractivity contribution < 1.29 is 0 Å². The number of guanidine groups is 1. The summed E-state index contributed by atoms with van der Waals surface area (Å²) in [6.45, 7) is 7.08. The van der Waals surface area contributed by atoms with Crippen molar-refractivity contribution in [1.82, 2.24) is 15.6 Å². The highest BCUT2D eigenvalue weighted by molar-refractivity contribution is 7.10. The van der Waals surface area contributed by atoms with Gasteiger partial charge in [-0.05, 0) is 12.8 Å². The number of nitrogens with zero attached hydrogens (tertiary/aromatic N) is 3. The Labute approximate surface area is 154 Å². The van der Waals surface area contributed by atoms with Crippen molar-refractivity contribution in [2.45, 2.75) is 70.8 Å². The van der Waals surface area contributed by atoms with Gasteiger partial charge in [-0.3, -0.25) is 0 Å². The van der Waals surface area contributed by atoms with Crippen LogP contribution in [-0.4, -0.2) is 23.5 Å². The molecule has 2 N–H and O–H groups in total. The second kappa shape index (κ2) is 7.57. The molecule has 1 aliphatic heterocycles. The fraction of sp³-hybridized carbons (Fsp3) is 0.632. The maximum absolute atomic E-state index is 9.22. The minimum Gasteiger partial charge on any atom is -0.353 e. The van der Waals surface area contributed by atoms with Crippen molar-refractivity contribution >= 4 is 22.9 Å². The fourth-order valence-corrected chi connectivity index (χ4v) is 4.33. The van der Waals surface area contributed by atoms with Gasteiger partial charge >= 0.3 is 0 Å². The van der Waals surface area contributed by atoms with Crippen LogP contribution in [-0.2, 0) is 5.41 Å². The number of hydrogen-bond acceptors (Lipinski definition) is 6. The van der Waals surface area contributed by atoms with Crippen LogP contribution >= 0.6 is 11.3 Å². The largest absolute Gasteiger partial charge is 0.353 e. The number of aliphatic imine (C=N–C) groups is 1. The molecule has 25 heavy (non-hydrogen) atoms. The van der Waals surface area contributed by atoms with Crippen molar-refractivity contribution in [2.75, 3.05) is 6.54 Å². The topological polar surface area (TPSA) is 73.1 Å². The summed E-state index contributed by atoms with van der Waals surface area (Å²) >= 11 is 1.64. The average molecular weight is 358 g/mol. The van der Waals surface area contributed by atoms with Crippen LogP contribution in [0.3, 0.4) is 0 Å². The van der Waals surface area contributed by atoms with Crippen LogP contribution in [0.25, 0.3) is 5.57 Å². The molecule has 0 bridgehead atoms. The smallest absolute Gasteiger partial charge is 0.196 e. The van der Waals surface area contributed by atoms with E-state index in [2.05, 4.69) is 47.8 Å². The molecular formula is C19H27N5S. The summed E-state index contributed by atoms with van der Waals surface area (Å²) < 4.78 is 0. The molecule has 3 rings (SSSR count). The van der Waals surface area contributed by atoms with E-state index < -0.39 is 0 Å². The standard InChI is InChI=1S/C19H27N5S/c1-19(2,3)16-12-25-17(24-16)14-11-21-18(23-15(14)9-10-20)22-13-7-5-4-6-8-13/h12-13H,4-9,11H2,1-3H3,(H2,21,22,23). The van der Waals surface area contributed by atoms with Crippen molar-refractivity contribution in [1.29, 1.82) is 5.26 Å². The Morgan fingerprint density at radius 3 is 2.72 bits per heavy atom. The first-order valence-corrected chi connectivity index (χ1v) is 9.98. The number of aromatic nitrogens is 1. The van der Waals surface area contributed by atoms with E-state index >= 15 is 0 Å². The monoisotopic (exact) mass is 357 g/mol. The predicted molar refractivity (Wildman–Crippen MR) is 103 cm³/mol. The second-order valence-electron chi connectivity index (χ2n) is 7.85. The molecule has 0 spiro atoms. The summed E-state index contributed by atoms with van der Waals surface area (Å²) in [6.07, 6.45) is 6.66. The molecule has 1 aromatic heterocycles. The van der Waals surface area contributed by atoms with Gasteiger partial charge in [0.25, 0.3) is 0 Å². The van der Waals surface area contributed by atoms with Gasteiger partial charge in [0.2, 0.25) is 0 Å².